The van der Waals surface area contributed by atoms with E-state index in [1.165, 1.54) is 6.07 Å². The van der Waals surface area contributed by atoms with Crippen molar-refractivity contribution in [1.82, 2.24) is 5.32 Å². The Morgan fingerprint density at radius 3 is 2.72 bits per heavy atom. The molecule has 0 spiro atoms. The summed E-state index contributed by atoms with van der Waals surface area (Å²) in [4.78, 5) is 0. The fourth-order valence-corrected chi connectivity index (χ4v) is 2.51. The number of benzene rings is 1. The molecule has 100 valence electrons. The normalized spacial score (nSPS) is 21.8. The number of ether oxygens (including phenoxy) is 1. The molecule has 0 radical (unpaired) electrons. The van der Waals surface area contributed by atoms with Crippen molar-refractivity contribution in [2.45, 2.75) is 52.2 Å². The molecule has 0 saturated carbocycles. The van der Waals surface area contributed by atoms with Crippen molar-refractivity contribution in [2.24, 2.45) is 0 Å². The summed E-state index contributed by atoms with van der Waals surface area (Å²) in [5, 5.41) is 3.52. The van der Waals surface area contributed by atoms with Crippen molar-refractivity contribution >= 4 is 0 Å². The maximum absolute atomic E-state index is 13.6. The van der Waals surface area contributed by atoms with Gasteiger partial charge in [-0.1, -0.05) is 20.3 Å². The highest BCUT2D eigenvalue weighted by Gasteiger charge is 2.33. The molecule has 2 rings (SSSR count). The second-order valence-corrected chi connectivity index (χ2v) is 5.02. The van der Waals surface area contributed by atoms with Crippen LogP contribution in [0.2, 0.25) is 0 Å². The van der Waals surface area contributed by atoms with Crippen molar-refractivity contribution in [2.75, 3.05) is 6.54 Å². The van der Waals surface area contributed by atoms with Crippen molar-refractivity contribution < 1.29 is 9.13 Å². The summed E-state index contributed by atoms with van der Waals surface area (Å²) in [6, 6.07) is 3.66. The first-order valence-electron chi connectivity index (χ1n) is 6.87. The number of halogens is 1. The SMILES string of the molecule is CCCNC1c2cc(C)c(F)cc2OC1CCC. The van der Waals surface area contributed by atoms with E-state index in [1.54, 1.807) is 6.92 Å². The highest BCUT2D eigenvalue weighted by atomic mass is 19.1. The maximum Gasteiger partial charge on any atom is 0.129 e. The highest BCUT2D eigenvalue weighted by Crippen LogP contribution is 2.39. The molecule has 0 saturated heterocycles. The quantitative estimate of drug-likeness (QED) is 0.860. The predicted molar refractivity (Wildman–Crippen MR) is 71.5 cm³/mol. The van der Waals surface area contributed by atoms with Gasteiger partial charge in [0.15, 0.2) is 0 Å². The van der Waals surface area contributed by atoms with Crippen LogP contribution < -0.4 is 10.1 Å². The Morgan fingerprint density at radius 2 is 2.06 bits per heavy atom. The Balaban J connectivity index is 2.27. The van der Waals surface area contributed by atoms with Gasteiger partial charge in [-0.15, -0.1) is 0 Å². The number of rotatable bonds is 5. The molecule has 1 aliphatic heterocycles. The lowest BCUT2D eigenvalue weighted by atomic mass is 9.99. The van der Waals surface area contributed by atoms with Gasteiger partial charge in [-0.05, 0) is 37.9 Å². The molecule has 1 aromatic rings. The third-order valence-electron chi connectivity index (χ3n) is 3.46. The second-order valence-electron chi connectivity index (χ2n) is 5.02. The Kier molecular flexibility index (Phi) is 4.23. The third kappa shape index (κ3) is 2.51. The van der Waals surface area contributed by atoms with Crippen LogP contribution in [0.5, 0.6) is 5.75 Å². The molecule has 1 aliphatic rings. The molecule has 3 heteroatoms. The van der Waals surface area contributed by atoms with E-state index >= 15 is 0 Å². The minimum atomic E-state index is -0.180. The summed E-state index contributed by atoms with van der Waals surface area (Å²) < 4.78 is 19.5. The van der Waals surface area contributed by atoms with E-state index in [0.29, 0.717) is 11.3 Å². The molecule has 2 atom stereocenters. The van der Waals surface area contributed by atoms with Gasteiger partial charge in [-0.2, -0.15) is 0 Å². The monoisotopic (exact) mass is 251 g/mol. The standard InChI is InChI=1S/C15H22FNO/c1-4-6-13-15(17-7-5-2)11-8-10(3)12(16)9-14(11)18-13/h8-9,13,15,17H,4-7H2,1-3H3. The smallest absolute Gasteiger partial charge is 0.129 e. The lowest BCUT2D eigenvalue weighted by Gasteiger charge is -2.19. The average molecular weight is 251 g/mol. The lowest BCUT2D eigenvalue weighted by molar-refractivity contribution is 0.178. The molecule has 2 unspecified atom stereocenters. The molecule has 2 nitrogen and oxygen atoms in total. The van der Waals surface area contributed by atoms with Crippen LogP contribution in [-0.4, -0.2) is 12.6 Å². The van der Waals surface area contributed by atoms with Gasteiger partial charge in [-0.25, -0.2) is 4.39 Å². The van der Waals surface area contributed by atoms with Gasteiger partial charge in [0.05, 0.1) is 6.04 Å². The Bertz CT molecular complexity index is 419. The molecular formula is C15H22FNO. The van der Waals surface area contributed by atoms with E-state index in [9.17, 15) is 4.39 Å². The summed E-state index contributed by atoms with van der Waals surface area (Å²) in [5.74, 6) is 0.533. The van der Waals surface area contributed by atoms with Gasteiger partial charge in [0, 0.05) is 11.6 Å². The van der Waals surface area contributed by atoms with Gasteiger partial charge in [0.1, 0.15) is 17.7 Å². The van der Waals surface area contributed by atoms with E-state index in [2.05, 4.69) is 19.2 Å². The first kappa shape index (κ1) is 13.3. The van der Waals surface area contributed by atoms with E-state index in [1.807, 2.05) is 6.07 Å². The molecule has 1 heterocycles. The van der Waals surface area contributed by atoms with Gasteiger partial charge in [0.25, 0.3) is 0 Å². The Hall–Kier alpha value is -1.09. The van der Waals surface area contributed by atoms with Crippen molar-refractivity contribution in [3.05, 3.63) is 29.1 Å². The molecule has 0 fully saturated rings. The van der Waals surface area contributed by atoms with Gasteiger partial charge in [0.2, 0.25) is 0 Å². The van der Waals surface area contributed by atoms with Crippen LogP contribution in [-0.2, 0) is 0 Å². The molecule has 0 bridgehead atoms. The summed E-state index contributed by atoms with van der Waals surface area (Å²) in [6.07, 6.45) is 3.30. The molecule has 0 amide bonds. The molecule has 1 N–H and O–H groups in total. The van der Waals surface area contributed by atoms with Crippen LogP contribution in [0.25, 0.3) is 0 Å². The van der Waals surface area contributed by atoms with Gasteiger partial charge in [-0.3, -0.25) is 0 Å². The van der Waals surface area contributed by atoms with Crippen molar-refractivity contribution in [3.8, 4) is 5.75 Å². The Labute approximate surface area is 109 Å². The zero-order chi connectivity index (χ0) is 13.1. The minimum absolute atomic E-state index is 0.137. The number of aryl methyl sites for hydroxylation is 1. The van der Waals surface area contributed by atoms with Crippen molar-refractivity contribution in [1.29, 1.82) is 0 Å². The van der Waals surface area contributed by atoms with Crippen molar-refractivity contribution in [3.63, 3.8) is 0 Å². The molecule has 0 aliphatic carbocycles. The van der Waals surface area contributed by atoms with Crippen LogP contribution in [0.3, 0.4) is 0 Å². The number of hydrogen-bond donors (Lipinski definition) is 1. The van der Waals surface area contributed by atoms with Crippen LogP contribution >= 0.6 is 0 Å². The van der Waals surface area contributed by atoms with E-state index in [-0.39, 0.29) is 18.0 Å². The zero-order valence-electron chi connectivity index (χ0n) is 11.4. The molecule has 0 aromatic heterocycles. The zero-order valence-corrected chi connectivity index (χ0v) is 11.4. The lowest BCUT2D eigenvalue weighted by Crippen LogP contribution is -2.31. The van der Waals surface area contributed by atoms with E-state index in [4.69, 9.17) is 4.74 Å². The molecular weight excluding hydrogens is 229 g/mol. The van der Waals surface area contributed by atoms with Gasteiger partial charge < -0.3 is 10.1 Å². The second kappa shape index (κ2) is 5.70. The Morgan fingerprint density at radius 1 is 1.28 bits per heavy atom. The number of hydrogen-bond acceptors (Lipinski definition) is 2. The highest BCUT2D eigenvalue weighted by molar-refractivity contribution is 5.44. The first-order chi connectivity index (χ1) is 8.67. The topological polar surface area (TPSA) is 21.3 Å². The summed E-state index contributed by atoms with van der Waals surface area (Å²) in [5.41, 5.74) is 1.80. The number of nitrogens with one attached hydrogen (secondary N) is 1. The summed E-state index contributed by atoms with van der Waals surface area (Å²) in [7, 11) is 0. The predicted octanol–water partition coefficient (Wildman–Crippen LogP) is 3.74. The van der Waals surface area contributed by atoms with E-state index < -0.39 is 0 Å². The fraction of sp³-hybridized carbons (Fsp3) is 0.600. The first-order valence-corrected chi connectivity index (χ1v) is 6.87. The van der Waals surface area contributed by atoms with Crippen LogP contribution in [0.1, 0.15) is 50.3 Å². The maximum atomic E-state index is 13.6. The van der Waals surface area contributed by atoms with Crippen LogP contribution in [0.4, 0.5) is 4.39 Å². The van der Waals surface area contributed by atoms with Crippen LogP contribution in [0, 0.1) is 12.7 Å². The fourth-order valence-electron chi connectivity index (χ4n) is 2.51. The molecule has 18 heavy (non-hydrogen) atoms. The minimum Gasteiger partial charge on any atom is -0.488 e. The van der Waals surface area contributed by atoms with Gasteiger partial charge >= 0.3 is 0 Å². The van der Waals surface area contributed by atoms with E-state index in [0.717, 1.165) is 31.4 Å². The van der Waals surface area contributed by atoms with Crippen LogP contribution in [0.15, 0.2) is 12.1 Å². The largest absolute Gasteiger partial charge is 0.488 e. The molecule has 1 aromatic carbocycles. The third-order valence-corrected chi connectivity index (χ3v) is 3.46. The summed E-state index contributed by atoms with van der Waals surface area (Å²) >= 11 is 0. The average Bonchev–Trinajstić information content (AvgIpc) is 2.65. The number of fused-ring (bicyclic) bond motifs is 1. The summed E-state index contributed by atoms with van der Waals surface area (Å²) in [6.45, 7) is 7.06.